The molecule has 2 aliphatic rings. The van der Waals surface area contributed by atoms with Gasteiger partial charge in [0.2, 0.25) is 10.0 Å². The van der Waals surface area contributed by atoms with Crippen LogP contribution in [0.3, 0.4) is 0 Å². The molecule has 0 spiro atoms. The first kappa shape index (κ1) is 13.9. The first-order chi connectivity index (χ1) is 9.61. The Kier molecular flexibility index (Phi) is 3.70. The predicted octanol–water partition coefficient (Wildman–Crippen LogP) is 1.05. The molecule has 0 aliphatic carbocycles. The second-order valence-electron chi connectivity index (χ2n) is 5.55. The highest BCUT2D eigenvalue weighted by atomic mass is 32.2. The van der Waals surface area contributed by atoms with E-state index < -0.39 is 10.0 Å². The fraction of sp³-hybridized carbons (Fsp3) is 0.571. The number of rotatable bonds is 3. The lowest BCUT2D eigenvalue weighted by Gasteiger charge is -2.21. The fourth-order valence-corrected chi connectivity index (χ4v) is 4.47. The molecule has 5 nitrogen and oxygen atoms in total. The van der Waals surface area contributed by atoms with Crippen LogP contribution in [0.25, 0.3) is 0 Å². The summed E-state index contributed by atoms with van der Waals surface area (Å²) in [6.07, 6.45) is 2.82. The van der Waals surface area contributed by atoms with Gasteiger partial charge in [-0.05, 0) is 42.9 Å². The summed E-state index contributed by atoms with van der Waals surface area (Å²) in [7, 11) is -3.43. The van der Waals surface area contributed by atoms with Crippen LogP contribution in [0.2, 0.25) is 0 Å². The molecule has 1 saturated heterocycles. The van der Waals surface area contributed by atoms with Gasteiger partial charge < -0.3 is 10.4 Å². The number of fused-ring (bicyclic) bond motifs is 1. The average molecular weight is 296 g/mol. The van der Waals surface area contributed by atoms with E-state index in [0.717, 1.165) is 31.5 Å². The van der Waals surface area contributed by atoms with Crippen molar-refractivity contribution in [1.82, 2.24) is 4.31 Å². The topological polar surface area (TPSA) is 69.6 Å². The van der Waals surface area contributed by atoms with Crippen molar-refractivity contribution in [1.29, 1.82) is 0 Å². The van der Waals surface area contributed by atoms with Gasteiger partial charge in [-0.1, -0.05) is 6.07 Å². The van der Waals surface area contributed by atoms with Gasteiger partial charge in [0, 0.05) is 31.9 Å². The van der Waals surface area contributed by atoms with E-state index in [4.69, 9.17) is 5.11 Å². The SMILES string of the molecule is O=S(=O)(c1ccc2c(c1)NCCC2)N1CCC(CO)C1. The fourth-order valence-electron chi connectivity index (χ4n) is 2.91. The quantitative estimate of drug-likeness (QED) is 0.874. The lowest BCUT2D eigenvalue weighted by Crippen LogP contribution is -2.29. The molecule has 0 amide bonds. The average Bonchev–Trinajstić information content (AvgIpc) is 2.96. The van der Waals surface area contributed by atoms with Gasteiger partial charge in [0.25, 0.3) is 0 Å². The van der Waals surface area contributed by atoms with E-state index in [1.165, 1.54) is 9.87 Å². The summed E-state index contributed by atoms with van der Waals surface area (Å²) in [5, 5.41) is 12.4. The highest BCUT2D eigenvalue weighted by molar-refractivity contribution is 7.89. The largest absolute Gasteiger partial charge is 0.396 e. The van der Waals surface area contributed by atoms with Crippen molar-refractivity contribution in [3.8, 4) is 0 Å². The summed E-state index contributed by atoms with van der Waals surface area (Å²) in [6.45, 7) is 1.87. The van der Waals surface area contributed by atoms with Gasteiger partial charge in [-0.2, -0.15) is 4.31 Å². The number of sulfonamides is 1. The van der Waals surface area contributed by atoms with Crippen molar-refractivity contribution < 1.29 is 13.5 Å². The number of aliphatic hydroxyl groups excluding tert-OH is 1. The summed E-state index contributed by atoms with van der Waals surface area (Å²) < 4.78 is 26.7. The number of aryl methyl sites for hydroxylation is 1. The first-order valence-electron chi connectivity index (χ1n) is 7.09. The monoisotopic (exact) mass is 296 g/mol. The van der Waals surface area contributed by atoms with Crippen molar-refractivity contribution in [3.63, 3.8) is 0 Å². The van der Waals surface area contributed by atoms with Crippen LogP contribution in [0.5, 0.6) is 0 Å². The van der Waals surface area contributed by atoms with Crippen molar-refractivity contribution >= 4 is 15.7 Å². The summed E-state index contributed by atoms with van der Waals surface area (Å²) in [5.41, 5.74) is 2.13. The summed E-state index contributed by atoms with van der Waals surface area (Å²) >= 11 is 0. The molecule has 110 valence electrons. The number of nitrogens with one attached hydrogen (secondary N) is 1. The molecule has 1 aromatic carbocycles. The van der Waals surface area contributed by atoms with Gasteiger partial charge in [-0.15, -0.1) is 0 Å². The third kappa shape index (κ3) is 2.43. The molecule has 0 saturated carbocycles. The van der Waals surface area contributed by atoms with E-state index in [-0.39, 0.29) is 12.5 Å². The number of aliphatic hydroxyl groups is 1. The van der Waals surface area contributed by atoms with Crippen LogP contribution in [0.15, 0.2) is 23.1 Å². The normalized spacial score (nSPS) is 23.4. The molecule has 3 rings (SSSR count). The maximum atomic E-state index is 12.6. The van der Waals surface area contributed by atoms with E-state index in [9.17, 15) is 8.42 Å². The number of hydrogen-bond acceptors (Lipinski definition) is 4. The molecule has 2 aliphatic heterocycles. The molecular weight excluding hydrogens is 276 g/mol. The Hall–Kier alpha value is -1.11. The van der Waals surface area contributed by atoms with Gasteiger partial charge >= 0.3 is 0 Å². The molecule has 0 aromatic heterocycles. The molecule has 1 atom stereocenters. The number of hydrogen-bond donors (Lipinski definition) is 2. The Morgan fingerprint density at radius 3 is 3.00 bits per heavy atom. The number of nitrogens with zero attached hydrogens (tertiary/aromatic N) is 1. The Labute approximate surface area is 119 Å². The van der Waals surface area contributed by atoms with E-state index >= 15 is 0 Å². The minimum absolute atomic E-state index is 0.0533. The van der Waals surface area contributed by atoms with Crippen molar-refractivity contribution in [3.05, 3.63) is 23.8 Å². The lowest BCUT2D eigenvalue weighted by molar-refractivity contribution is 0.233. The zero-order chi connectivity index (χ0) is 14.2. The van der Waals surface area contributed by atoms with E-state index in [1.54, 1.807) is 12.1 Å². The van der Waals surface area contributed by atoms with Crippen LogP contribution in [-0.4, -0.2) is 44.1 Å². The van der Waals surface area contributed by atoms with Crippen LogP contribution >= 0.6 is 0 Å². The second-order valence-corrected chi connectivity index (χ2v) is 7.49. The number of anilines is 1. The Morgan fingerprint density at radius 2 is 2.25 bits per heavy atom. The van der Waals surface area contributed by atoms with Crippen molar-refractivity contribution in [2.75, 3.05) is 31.6 Å². The summed E-state index contributed by atoms with van der Waals surface area (Å²) in [6, 6.07) is 5.36. The highest BCUT2D eigenvalue weighted by Gasteiger charge is 2.32. The van der Waals surface area contributed by atoms with E-state index in [2.05, 4.69) is 5.32 Å². The predicted molar refractivity (Wildman–Crippen MR) is 77.2 cm³/mol. The van der Waals surface area contributed by atoms with Crippen LogP contribution < -0.4 is 5.32 Å². The first-order valence-corrected chi connectivity index (χ1v) is 8.53. The van der Waals surface area contributed by atoms with Crippen molar-refractivity contribution in [2.45, 2.75) is 24.2 Å². The molecular formula is C14H20N2O3S. The van der Waals surface area contributed by atoms with Gasteiger partial charge in [-0.3, -0.25) is 0 Å². The van der Waals surface area contributed by atoms with Crippen LogP contribution in [-0.2, 0) is 16.4 Å². The van der Waals surface area contributed by atoms with Gasteiger partial charge in [-0.25, -0.2) is 8.42 Å². The van der Waals surface area contributed by atoms with Crippen molar-refractivity contribution in [2.24, 2.45) is 5.92 Å². The Bertz CT molecular complexity index is 600. The van der Waals surface area contributed by atoms with Crippen LogP contribution in [0, 0.1) is 5.92 Å². The molecule has 0 bridgehead atoms. The molecule has 20 heavy (non-hydrogen) atoms. The lowest BCUT2D eigenvalue weighted by atomic mass is 10.0. The van der Waals surface area contributed by atoms with Gasteiger partial charge in [0.05, 0.1) is 4.90 Å². The highest BCUT2D eigenvalue weighted by Crippen LogP contribution is 2.29. The Morgan fingerprint density at radius 1 is 1.40 bits per heavy atom. The maximum Gasteiger partial charge on any atom is 0.243 e. The molecule has 0 radical (unpaired) electrons. The molecule has 1 unspecified atom stereocenters. The second kappa shape index (κ2) is 5.35. The molecule has 1 aromatic rings. The standard InChI is InChI=1S/C14H20N2O3S/c17-10-11-5-7-16(9-11)20(18,19)13-4-3-12-2-1-6-15-14(12)8-13/h3-4,8,11,15,17H,1-2,5-7,9-10H2. The van der Waals surface area contributed by atoms with Gasteiger partial charge in [0.15, 0.2) is 0 Å². The molecule has 2 N–H and O–H groups in total. The summed E-state index contributed by atoms with van der Waals surface area (Å²) in [4.78, 5) is 0.351. The Balaban J connectivity index is 1.88. The smallest absolute Gasteiger partial charge is 0.243 e. The minimum atomic E-state index is -3.43. The third-order valence-electron chi connectivity index (χ3n) is 4.16. The maximum absolute atomic E-state index is 12.6. The number of benzene rings is 1. The summed E-state index contributed by atoms with van der Waals surface area (Å²) in [5.74, 6) is 0.0699. The van der Waals surface area contributed by atoms with E-state index in [1.807, 2.05) is 6.07 Å². The van der Waals surface area contributed by atoms with Crippen LogP contribution in [0.1, 0.15) is 18.4 Å². The van der Waals surface area contributed by atoms with Crippen LogP contribution in [0.4, 0.5) is 5.69 Å². The molecule has 1 fully saturated rings. The zero-order valence-corrected chi connectivity index (χ0v) is 12.2. The third-order valence-corrected chi connectivity index (χ3v) is 6.03. The molecule has 2 heterocycles. The zero-order valence-electron chi connectivity index (χ0n) is 11.4. The molecule has 6 heteroatoms. The van der Waals surface area contributed by atoms with Gasteiger partial charge in [0.1, 0.15) is 0 Å². The minimum Gasteiger partial charge on any atom is -0.396 e. The van der Waals surface area contributed by atoms with E-state index in [0.29, 0.717) is 18.0 Å².